The van der Waals surface area contributed by atoms with Gasteiger partial charge in [-0.3, -0.25) is 24.6 Å². The van der Waals surface area contributed by atoms with E-state index < -0.39 is 0 Å². The average Bonchev–Trinajstić information content (AvgIpc) is 2.82. The highest BCUT2D eigenvalue weighted by Gasteiger charge is 2.32. The number of carbonyl (C=O) groups excluding carboxylic acids is 1. The molecular formula is C25H28N6O. The Morgan fingerprint density at radius 3 is 2.41 bits per heavy atom. The van der Waals surface area contributed by atoms with Gasteiger partial charge in [0, 0.05) is 36.6 Å². The fourth-order valence-corrected chi connectivity index (χ4v) is 4.74. The maximum atomic E-state index is 12.9. The molecule has 0 aromatic carbocycles. The molecule has 2 aliphatic heterocycles. The van der Waals surface area contributed by atoms with Crippen molar-refractivity contribution in [1.82, 2.24) is 24.8 Å². The van der Waals surface area contributed by atoms with Gasteiger partial charge in [0.15, 0.2) is 0 Å². The van der Waals surface area contributed by atoms with E-state index >= 15 is 0 Å². The quantitative estimate of drug-likeness (QED) is 0.616. The predicted octanol–water partition coefficient (Wildman–Crippen LogP) is 3.78. The Kier molecular flexibility index (Phi) is 5.90. The Bertz CT molecular complexity index is 1090. The number of anilines is 1. The van der Waals surface area contributed by atoms with Crippen LogP contribution in [-0.2, 0) is 24.3 Å². The molecular weight excluding hydrogens is 400 g/mol. The van der Waals surface area contributed by atoms with E-state index in [2.05, 4.69) is 20.9 Å². The molecule has 1 saturated heterocycles. The Labute approximate surface area is 188 Å². The summed E-state index contributed by atoms with van der Waals surface area (Å²) in [6.45, 7) is 4.26. The van der Waals surface area contributed by atoms with Gasteiger partial charge in [0.2, 0.25) is 5.91 Å². The van der Waals surface area contributed by atoms with Crippen LogP contribution in [0.2, 0.25) is 0 Å². The van der Waals surface area contributed by atoms with Gasteiger partial charge >= 0.3 is 0 Å². The van der Waals surface area contributed by atoms with Crippen molar-refractivity contribution < 1.29 is 4.79 Å². The van der Waals surface area contributed by atoms with Gasteiger partial charge in [-0.1, -0.05) is 18.6 Å². The molecule has 1 fully saturated rings. The number of likely N-dealkylation sites (tertiary alicyclic amines) is 1. The Morgan fingerprint density at radius 1 is 0.938 bits per heavy atom. The highest BCUT2D eigenvalue weighted by molar-refractivity contribution is 5.95. The number of aryl methyl sites for hydroxylation is 1. The SMILES string of the molecule is Cc1nc([C@@H]2CCCCN2Cc2ccccn2)nc2c1CCC(=O)N2Cc1ccccn1. The second-order valence-corrected chi connectivity index (χ2v) is 8.57. The maximum Gasteiger partial charge on any atom is 0.228 e. The lowest BCUT2D eigenvalue weighted by Crippen LogP contribution is -2.38. The molecule has 1 atom stereocenters. The molecule has 5 heterocycles. The van der Waals surface area contributed by atoms with E-state index in [1.54, 1.807) is 11.1 Å². The van der Waals surface area contributed by atoms with Crippen molar-refractivity contribution in [2.45, 2.75) is 58.2 Å². The molecule has 32 heavy (non-hydrogen) atoms. The van der Waals surface area contributed by atoms with E-state index in [0.29, 0.717) is 19.4 Å². The van der Waals surface area contributed by atoms with Crippen molar-refractivity contribution >= 4 is 11.7 Å². The molecule has 2 aliphatic rings. The number of pyridine rings is 2. The summed E-state index contributed by atoms with van der Waals surface area (Å²) in [6, 6.07) is 12.0. The smallest absolute Gasteiger partial charge is 0.228 e. The molecule has 3 aromatic rings. The summed E-state index contributed by atoms with van der Waals surface area (Å²) in [7, 11) is 0. The van der Waals surface area contributed by atoms with Crippen molar-refractivity contribution in [2.24, 2.45) is 0 Å². The zero-order valence-corrected chi connectivity index (χ0v) is 18.4. The second kappa shape index (κ2) is 9.12. The second-order valence-electron chi connectivity index (χ2n) is 8.57. The van der Waals surface area contributed by atoms with Crippen LogP contribution in [0.25, 0.3) is 0 Å². The summed E-state index contributed by atoms with van der Waals surface area (Å²) < 4.78 is 0. The molecule has 0 radical (unpaired) electrons. The number of carbonyl (C=O) groups is 1. The molecule has 5 rings (SSSR count). The summed E-state index contributed by atoms with van der Waals surface area (Å²) in [6.07, 6.45) is 8.12. The lowest BCUT2D eigenvalue weighted by atomic mass is 9.99. The molecule has 0 saturated carbocycles. The van der Waals surface area contributed by atoms with E-state index in [1.165, 1.54) is 0 Å². The number of hydrogen-bond donors (Lipinski definition) is 0. The summed E-state index contributed by atoms with van der Waals surface area (Å²) in [5.74, 6) is 1.68. The number of aromatic nitrogens is 4. The summed E-state index contributed by atoms with van der Waals surface area (Å²) >= 11 is 0. The first kappa shape index (κ1) is 20.7. The van der Waals surface area contributed by atoms with Gasteiger partial charge in [0.1, 0.15) is 11.6 Å². The minimum atomic E-state index is 0.0983. The molecule has 0 unspecified atom stereocenters. The molecule has 1 amide bonds. The highest BCUT2D eigenvalue weighted by atomic mass is 16.2. The van der Waals surface area contributed by atoms with Gasteiger partial charge in [-0.15, -0.1) is 0 Å². The zero-order chi connectivity index (χ0) is 21.9. The van der Waals surface area contributed by atoms with E-state index in [9.17, 15) is 4.79 Å². The van der Waals surface area contributed by atoms with Gasteiger partial charge in [0.05, 0.1) is 24.0 Å². The standard InChI is InChI=1S/C25H28N6O/c1-18-21-11-12-23(32)31(17-20-9-3-6-14-27-20)25(21)29-24(28-18)22-10-4-7-15-30(22)16-19-8-2-5-13-26-19/h2-3,5-6,8-9,13-14,22H,4,7,10-12,15-17H2,1H3/t22-/m0/s1. The molecule has 7 nitrogen and oxygen atoms in total. The highest BCUT2D eigenvalue weighted by Crippen LogP contribution is 2.35. The molecule has 3 aromatic heterocycles. The number of piperidine rings is 1. The van der Waals surface area contributed by atoms with E-state index in [1.807, 2.05) is 43.5 Å². The normalized spacial score (nSPS) is 19.1. The lowest BCUT2D eigenvalue weighted by molar-refractivity contribution is -0.119. The van der Waals surface area contributed by atoms with Crippen LogP contribution < -0.4 is 4.90 Å². The van der Waals surface area contributed by atoms with Gasteiger partial charge < -0.3 is 0 Å². The number of rotatable bonds is 5. The van der Waals surface area contributed by atoms with Crippen molar-refractivity contribution in [2.75, 3.05) is 11.4 Å². The number of amides is 1. The van der Waals surface area contributed by atoms with Gasteiger partial charge in [-0.05, 0) is 57.0 Å². The van der Waals surface area contributed by atoms with Crippen molar-refractivity contribution in [3.05, 3.63) is 77.3 Å². The summed E-state index contributed by atoms with van der Waals surface area (Å²) in [5, 5.41) is 0. The summed E-state index contributed by atoms with van der Waals surface area (Å²) in [5.41, 5.74) is 3.98. The van der Waals surface area contributed by atoms with Crippen LogP contribution in [0.5, 0.6) is 0 Å². The minimum absolute atomic E-state index is 0.0983. The number of nitrogens with zero attached hydrogens (tertiary/aromatic N) is 6. The molecule has 0 spiro atoms. The fourth-order valence-electron chi connectivity index (χ4n) is 4.74. The van der Waals surface area contributed by atoms with E-state index in [4.69, 9.17) is 9.97 Å². The van der Waals surface area contributed by atoms with Crippen LogP contribution in [0.3, 0.4) is 0 Å². The van der Waals surface area contributed by atoms with E-state index in [0.717, 1.165) is 66.6 Å². The number of hydrogen-bond acceptors (Lipinski definition) is 6. The lowest BCUT2D eigenvalue weighted by Gasteiger charge is -2.36. The fraction of sp³-hybridized carbons (Fsp3) is 0.400. The third-order valence-electron chi connectivity index (χ3n) is 6.40. The minimum Gasteiger partial charge on any atom is -0.290 e. The van der Waals surface area contributed by atoms with Crippen LogP contribution in [-0.4, -0.2) is 37.3 Å². The largest absolute Gasteiger partial charge is 0.290 e. The number of fused-ring (bicyclic) bond motifs is 1. The first-order valence-corrected chi connectivity index (χ1v) is 11.4. The predicted molar refractivity (Wildman–Crippen MR) is 122 cm³/mol. The zero-order valence-electron chi connectivity index (χ0n) is 18.4. The van der Waals surface area contributed by atoms with Crippen LogP contribution in [0, 0.1) is 6.92 Å². The first-order chi connectivity index (χ1) is 15.7. The topological polar surface area (TPSA) is 75.1 Å². The van der Waals surface area contributed by atoms with Crippen LogP contribution >= 0.6 is 0 Å². The first-order valence-electron chi connectivity index (χ1n) is 11.4. The Morgan fingerprint density at radius 2 is 1.69 bits per heavy atom. The summed E-state index contributed by atoms with van der Waals surface area (Å²) in [4.78, 5) is 36.0. The van der Waals surface area contributed by atoms with Gasteiger partial charge in [-0.25, -0.2) is 9.97 Å². The molecule has 164 valence electrons. The average molecular weight is 429 g/mol. The Hall–Kier alpha value is -3.19. The monoisotopic (exact) mass is 428 g/mol. The van der Waals surface area contributed by atoms with Crippen LogP contribution in [0.15, 0.2) is 48.8 Å². The Balaban J connectivity index is 1.48. The van der Waals surface area contributed by atoms with Crippen LogP contribution in [0.1, 0.15) is 60.2 Å². The molecule has 0 aliphatic carbocycles. The molecule has 7 heteroatoms. The van der Waals surface area contributed by atoms with Crippen LogP contribution in [0.4, 0.5) is 5.82 Å². The maximum absolute atomic E-state index is 12.9. The van der Waals surface area contributed by atoms with E-state index in [-0.39, 0.29) is 11.9 Å². The third-order valence-corrected chi connectivity index (χ3v) is 6.40. The van der Waals surface area contributed by atoms with Crippen molar-refractivity contribution in [1.29, 1.82) is 0 Å². The van der Waals surface area contributed by atoms with Crippen molar-refractivity contribution in [3.63, 3.8) is 0 Å². The van der Waals surface area contributed by atoms with Gasteiger partial charge in [0.25, 0.3) is 0 Å². The van der Waals surface area contributed by atoms with Gasteiger partial charge in [-0.2, -0.15) is 0 Å². The molecule has 0 N–H and O–H groups in total. The third kappa shape index (κ3) is 4.25. The van der Waals surface area contributed by atoms with Crippen molar-refractivity contribution in [3.8, 4) is 0 Å². The molecule has 0 bridgehead atoms.